The molecule has 0 aromatic rings. The fraction of sp³-hybridized carbons (Fsp3) is 0.700. The molecule has 84 valence electrons. The number of rotatable bonds is 4. The molecule has 1 rings (SSSR count). The van der Waals surface area contributed by atoms with Gasteiger partial charge < -0.3 is 0 Å². The number of imide groups is 1. The van der Waals surface area contributed by atoms with Gasteiger partial charge in [-0.25, -0.2) is 0 Å². The first-order valence-electron chi connectivity index (χ1n) is 5.09. The molecule has 0 unspecified atom stereocenters. The van der Waals surface area contributed by atoms with E-state index < -0.39 is 0 Å². The number of Topliss-reactive ketones (excluding diaryl/α,β-unsaturated/α-hetero) is 1. The summed E-state index contributed by atoms with van der Waals surface area (Å²) in [6, 6.07) is 0. The summed E-state index contributed by atoms with van der Waals surface area (Å²) in [5, 5.41) is 0. The Bertz CT molecular complexity index is 270. The van der Waals surface area contributed by atoms with E-state index in [2.05, 4.69) is 0 Å². The average Bonchev–Trinajstić information content (AvgIpc) is 2.15. The van der Waals surface area contributed by atoms with E-state index in [4.69, 9.17) is 0 Å². The van der Waals surface area contributed by atoms with E-state index in [1.807, 2.05) is 6.92 Å². The number of ketones is 1. The number of carbonyl (C=O) groups excluding carboxylic acids is 3. The monoisotopic (exact) mass is 212 g/mol. The van der Waals surface area contributed by atoms with Crippen molar-refractivity contribution in [2.24, 2.45) is 0 Å². The van der Waals surface area contributed by atoms with Gasteiger partial charge in [-0.1, -0.05) is 6.92 Å². The van der Waals surface area contributed by atoms with E-state index in [1.165, 1.54) is 11.8 Å². The van der Waals surface area contributed by atoms with Crippen molar-refractivity contribution in [2.75, 3.05) is 26.2 Å². The molecular formula is C10H16N2O3. The lowest BCUT2D eigenvalue weighted by Gasteiger charge is -2.31. The number of hydrogen-bond acceptors (Lipinski definition) is 4. The van der Waals surface area contributed by atoms with Crippen molar-refractivity contribution in [3.05, 3.63) is 0 Å². The van der Waals surface area contributed by atoms with Crippen LogP contribution in [0.15, 0.2) is 0 Å². The third-order valence-electron chi connectivity index (χ3n) is 2.45. The minimum absolute atomic E-state index is 0.00600. The molecule has 0 aliphatic carbocycles. The highest BCUT2D eigenvalue weighted by molar-refractivity contribution is 5.99. The topological polar surface area (TPSA) is 57.7 Å². The molecule has 2 amide bonds. The molecule has 1 saturated heterocycles. The predicted octanol–water partition coefficient (Wildman–Crippen LogP) is -0.344. The Hall–Kier alpha value is -1.23. The maximum Gasteiger partial charge on any atom is 0.243 e. The highest BCUT2D eigenvalue weighted by atomic mass is 16.2. The van der Waals surface area contributed by atoms with Gasteiger partial charge in [-0.05, 0) is 13.5 Å². The largest absolute Gasteiger partial charge is 0.300 e. The smallest absolute Gasteiger partial charge is 0.243 e. The van der Waals surface area contributed by atoms with Crippen molar-refractivity contribution in [3.8, 4) is 0 Å². The molecule has 0 saturated carbocycles. The van der Waals surface area contributed by atoms with Crippen LogP contribution in [-0.2, 0) is 14.4 Å². The van der Waals surface area contributed by atoms with Gasteiger partial charge in [0, 0.05) is 13.0 Å². The molecule has 0 N–H and O–H groups in total. The van der Waals surface area contributed by atoms with Gasteiger partial charge in [-0.2, -0.15) is 0 Å². The van der Waals surface area contributed by atoms with Crippen LogP contribution in [0.2, 0.25) is 0 Å². The quantitative estimate of drug-likeness (QED) is 0.598. The molecule has 1 aliphatic rings. The number of hydrogen-bond donors (Lipinski definition) is 0. The molecule has 15 heavy (non-hydrogen) atoms. The van der Waals surface area contributed by atoms with Gasteiger partial charge in [-0.3, -0.25) is 24.2 Å². The third-order valence-corrected chi connectivity index (χ3v) is 2.45. The van der Waals surface area contributed by atoms with Crippen molar-refractivity contribution in [1.82, 2.24) is 9.80 Å². The van der Waals surface area contributed by atoms with Gasteiger partial charge in [-0.15, -0.1) is 0 Å². The summed E-state index contributed by atoms with van der Waals surface area (Å²) < 4.78 is 0. The number of nitrogens with zero attached hydrogens (tertiary/aromatic N) is 2. The van der Waals surface area contributed by atoms with Crippen molar-refractivity contribution >= 4 is 17.6 Å². The molecule has 1 fully saturated rings. The minimum atomic E-state index is -0.200. The Morgan fingerprint density at radius 2 is 1.80 bits per heavy atom. The SMILES string of the molecule is CCN1CC(=O)N(CCC(C)=O)C(=O)C1. The summed E-state index contributed by atoms with van der Waals surface area (Å²) in [6.45, 7) is 4.84. The van der Waals surface area contributed by atoms with Crippen molar-refractivity contribution in [2.45, 2.75) is 20.3 Å². The van der Waals surface area contributed by atoms with Crippen LogP contribution < -0.4 is 0 Å². The minimum Gasteiger partial charge on any atom is -0.300 e. The predicted molar refractivity (Wildman–Crippen MR) is 54.1 cm³/mol. The van der Waals surface area contributed by atoms with Crippen LogP contribution in [0.5, 0.6) is 0 Å². The van der Waals surface area contributed by atoms with Crippen LogP contribution in [-0.4, -0.2) is 53.6 Å². The Morgan fingerprint density at radius 1 is 1.27 bits per heavy atom. The Morgan fingerprint density at radius 3 is 2.20 bits per heavy atom. The fourth-order valence-corrected chi connectivity index (χ4v) is 1.49. The van der Waals surface area contributed by atoms with Crippen molar-refractivity contribution in [3.63, 3.8) is 0 Å². The average molecular weight is 212 g/mol. The molecule has 0 aromatic heterocycles. The van der Waals surface area contributed by atoms with Crippen LogP contribution in [0.1, 0.15) is 20.3 Å². The Kier molecular flexibility index (Phi) is 3.96. The summed E-state index contributed by atoms with van der Waals surface area (Å²) in [7, 11) is 0. The third kappa shape index (κ3) is 3.13. The highest BCUT2D eigenvalue weighted by Gasteiger charge is 2.29. The summed E-state index contributed by atoms with van der Waals surface area (Å²) in [5.74, 6) is -0.405. The van der Waals surface area contributed by atoms with Crippen molar-refractivity contribution in [1.29, 1.82) is 0 Å². The van der Waals surface area contributed by atoms with Crippen LogP contribution in [0.4, 0.5) is 0 Å². The summed E-state index contributed by atoms with van der Waals surface area (Å²) >= 11 is 0. The maximum atomic E-state index is 11.5. The molecule has 0 spiro atoms. The molecule has 0 atom stereocenters. The Labute approximate surface area is 89.0 Å². The lowest BCUT2D eigenvalue weighted by Crippen LogP contribution is -2.54. The van der Waals surface area contributed by atoms with E-state index in [-0.39, 0.29) is 43.7 Å². The standard InChI is InChI=1S/C10H16N2O3/c1-3-11-6-9(14)12(10(15)7-11)5-4-8(2)13/h3-7H2,1-2H3. The molecule has 1 aliphatic heterocycles. The lowest BCUT2D eigenvalue weighted by molar-refractivity contribution is -0.151. The van der Waals surface area contributed by atoms with Gasteiger partial charge in [0.1, 0.15) is 5.78 Å². The summed E-state index contributed by atoms with van der Waals surface area (Å²) in [5.41, 5.74) is 0. The molecule has 0 aromatic carbocycles. The van der Waals surface area contributed by atoms with Crippen molar-refractivity contribution < 1.29 is 14.4 Å². The molecular weight excluding hydrogens is 196 g/mol. The number of likely N-dealkylation sites (N-methyl/N-ethyl adjacent to an activating group) is 1. The number of piperazine rings is 1. The van der Waals surface area contributed by atoms with E-state index >= 15 is 0 Å². The zero-order chi connectivity index (χ0) is 11.4. The first-order chi connectivity index (χ1) is 7.04. The normalized spacial score (nSPS) is 18.4. The van der Waals surface area contributed by atoms with Gasteiger partial charge in [0.15, 0.2) is 0 Å². The fourth-order valence-electron chi connectivity index (χ4n) is 1.49. The first-order valence-corrected chi connectivity index (χ1v) is 5.09. The second-order valence-electron chi connectivity index (χ2n) is 3.69. The van der Waals surface area contributed by atoms with Crippen LogP contribution in [0.25, 0.3) is 0 Å². The van der Waals surface area contributed by atoms with Crippen LogP contribution >= 0.6 is 0 Å². The highest BCUT2D eigenvalue weighted by Crippen LogP contribution is 2.05. The first kappa shape index (κ1) is 11.8. The number of amides is 2. The molecule has 1 heterocycles. The second kappa shape index (κ2) is 5.02. The maximum absolute atomic E-state index is 11.5. The van der Waals surface area contributed by atoms with Gasteiger partial charge in [0.25, 0.3) is 0 Å². The summed E-state index contributed by atoms with van der Waals surface area (Å²) in [4.78, 5) is 36.8. The molecule has 5 nitrogen and oxygen atoms in total. The Balaban J connectivity index is 2.55. The van der Waals surface area contributed by atoms with Gasteiger partial charge >= 0.3 is 0 Å². The zero-order valence-electron chi connectivity index (χ0n) is 9.15. The zero-order valence-corrected chi connectivity index (χ0v) is 9.15. The number of carbonyl (C=O) groups is 3. The lowest BCUT2D eigenvalue weighted by atomic mass is 10.2. The molecule has 0 radical (unpaired) electrons. The van der Waals surface area contributed by atoms with Gasteiger partial charge in [0.05, 0.1) is 13.1 Å². The van der Waals surface area contributed by atoms with E-state index in [0.717, 1.165) is 0 Å². The molecule has 0 bridgehead atoms. The molecule has 5 heteroatoms. The van der Waals surface area contributed by atoms with E-state index in [9.17, 15) is 14.4 Å². The van der Waals surface area contributed by atoms with E-state index in [1.54, 1.807) is 4.90 Å². The van der Waals surface area contributed by atoms with Gasteiger partial charge in [0.2, 0.25) is 11.8 Å². The van der Waals surface area contributed by atoms with E-state index in [0.29, 0.717) is 6.54 Å². The second-order valence-corrected chi connectivity index (χ2v) is 3.69. The van der Waals surface area contributed by atoms with Crippen LogP contribution in [0, 0.1) is 0 Å². The summed E-state index contributed by atoms with van der Waals surface area (Å²) in [6.07, 6.45) is 0.254. The van der Waals surface area contributed by atoms with Crippen LogP contribution in [0.3, 0.4) is 0 Å².